The molecule has 0 aliphatic rings. The van der Waals surface area contributed by atoms with Gasteiger partial charge in [0.05, 0.1) is 4.90 Å². The molecule has 0 spiro atoms. The molecule has 1 N–H and O–H groups in total. The predicted octanol–water partition coefficient (Wildman–Crippen LogP) is 2.40. The summed E-state index contributed by atoms with van der Waals surface area (Å²) in [5.74, 6) is 0. The molecule has 0 atom stereocenters. The summed E-state index contributed by atoms with van der Waals surface area (Å²) in [7, 11) is -1.81. The highest BCUT2D eigenvalue weighted by molar-refractivity contribution is 7.89. The summed E-state index contributed by atoms with van der Waals surface area (Å²) in [6.45, 7) is 5.11. The number of aromatic nitrogens is 1. The predicted molar refractivity (Wildman–Crippen MR) is 91.3 cm³/mol. The highest BCUT2D eigenvalue weighted by Crippen LogP contribution is 2.17. The van der Waals surface area contributed by atoms with Crippen molar-refractivity contribution < 1.29 is 8.42 Å². The van der Waals surface area contributed by atoms with Crippen LogP contribution in [0.4, 0.5) is 0 Å². The zero-order valence-corrected chi connectivity index (χ0v) is 14.5. The maximum Gasteiger partial charge on any atom is 0.243 e. The molecule has 124 valence electrons. The number of rotatable bonds is 7. The van der Waals surface area contributed by atoms with Crippen LogP contribution in [0.25, 0.3) is 0 Å². The minimum atomic E-state index is -3.41. The number of nitrogens with one attached hydrogen (secondary N) is 1. The Balaban J connectivity index is 1.97. The molecule has 0 bridgehead atoms. The van der Waals surface area contributed by atoms with Crippen molar-refractivity contribution in [1.82, 2.24) is 14.6 Å². The highest BCUT2D eigenvalue weighted by Gasteiger charge is 2.22. The van der Waals surface area contributed by atoms with Crippen molar-refractivity contribution in [3.63, 3.8) is 0 Å². The van der Waals surface area contributed by atoms with Gasteiger partial charge in [0.15, 0.2) is 0 Å². The van der Waals surface area contributed by atoms with Crippen molar-refractivity contribution in [2.45, 2.75) is 37.9 Å². The largest absolute Gasteiger partial charge is 0.309 e. The minimum absolute atomic E-state index is 0.0687. The van der Waals surface area contributed by atoms with E-state index in [0.717, 1.165) is 17.7 Å². The van der Waals surface area contributed by atoms with Gasteiger partial charge in [-0.15, -0.1) is 0 Å². The van der Waals surface area contributed by atoms with Gasteiger partial charge in [-0.05, 0) is 43.2 Å². The molecule has 23 heavy (non-hydrogen) atoms. The van der Waals surface area contributed by atoms with Crippen LogP contribution in [0.5, 0.6) is 0 Å². The lowest BCUT2D eigenvalue weighted by Crippen LogP contribution is -2.33. The summed E-state index contributed by atoms with van der Waals surface area (Å²) in [5.41, 5.74) is 2.16. The van der Waals surface area contributed by atoms with Crippen LogP contribution in [0.3, 0.4) is 0 Å². The molecule has 0 saturated carbocycles. The van der Waals surface area contributed by atoms with Gasteiger partial charge in [-0.25, -0.2) is 8.42 Å². The first-order chi connectivity index (χ1) is 10.9. The van der Waals surface area contributed by atoms with Crippen LogP contribution >= 0.6 is 0 Å². The SMILES string of the molecule is CC(C)N(C)S(=O)(=O)c1ccc(CNCc2cccnc2)cc1. The van der Waals surface area contributed by atoms with E-state index in [1.54, 1.807) is 25.4 Å². The Kier molecular flexibility index (Phi) is 5.87. The molecule has 0 saturated heterocycles. The average molecular weight is 333 g/mol. The Morgan fingerprint density at radius 3 is 2.30 bits per heavy atom. The van der Waals surface area contributed by atoms with Gasteiger partial charge in [0, 0.05) is 38.6 Å². The first-order valence-electron chi connectivity index (χ1n) is 7.58. The molecule has 2 rings (SSSR count). The average Bonchev–Trinajstić information content (AvgIpc) is 2.55. The van der Waals surface area contributed by atoms with Gasteiger partial charge in [0.25, 0.3) is 0 Å². The van der Waals surface area contributed by atoms with E-state index in [2.05, 4.69) is 10.3 Å². The molecule has 1 heterocycles. The van der Waals surface area contributed by atoms with Gasteiger partial charge < -0.3 is 5.32 Å². The summed E-state index contributed by atoms with van der Waals surface area (Å²) in [5, 5.41) is 3.32. The monoisotopic (exact) mass is 333 g/mol. The second-order valence-corrected chi connectivity index (χ2v) is 7.72. The summed E-state index contributed by atoms with van der Waals surface area (Å²) in [6.07, 6.45) is 3.57. The Bertz CT molecular complexity index is 713. The molecule has 2 aromatic rings. The number of benzene rings is 1. The van der Waals surface area contributed by atoms with E-state index in [1.807, 2.05) is 44.3 Å². The van der Waals surface area contributed by atoms with Crippen LogP contribution in [0.2, 0.25) is 0 Å². The van der Waals surface area contributed by atoms with Crippen LogP contribution < -0.4 is 5.32 Å². The van der Waals surface area contributed by atoms with Crippen molar-refractivity contribution in [2.75, 3.05) is 7.05 Å². The second kappa shape index (κ2) is 7.68. The molecule has 0 aliphatic carbocycles. The van der Waals surface area contributed by atoms with E-state index in [0.29, 0.717) is 11.4 Å². The van der Waals surface area contributed by atoms with E-state index in [1.165, 1.54) is 4.31 Å². The lowest BCUT2D eigenvalue weighted by molar-refractivity contribution is 0.410. The molecule has 0 aliphatic heterocycles. The van der Waals surface area contributed by atoms with Crippen LogP contribution in [-0.2, 0) is 23.1 Å². The zero-order chi connectivity index (χ0) is 16.9. The summed E-state index contributed by atoms with van der Waals surface area (Å²) in [4.78, 5) is 4.39. The number of pyridine rings is 1. The lowest BCUT2D eigenvalue weighted by atomic mass is 10.2. The topological polar surface area (TPSA) is 62.3 Å². The van der Waals surface area contributed by atoms with Crippen LogP contribution in [0.1, 0.15) is 25.0 Å². The number of hydrogen-bond acceptors (Lipinski definition) is 4. The number of hydrogen-bond donors (Lipinski definition) is 1. The molecule has 1 aromatic heterocycles. The third-order valence-corrected chi connectivity index (χ3v) is 5.76. The van der Waals surface area contributed by atoms with Gasteiger partial charge >= 0.3 is 0 Å². The fraction of sp³-hybridized carbons (Fsp3) is 0.353. The van der Waals surface area contributed by atoms with Gasteiger partial charge in [0.1, 0.15) is 0 Å². The molecular formula is C17H23N3O2S. The molecule has 0 unspecified atom stereocenters. The normalized spacial score (nSPS) is 12.0. The Morgan fingerprint density at radius 1 is 1.09 bits per heavy atom. The molecule has 0 radical (unpaired) electrons. The zero-order valence-electron chi connectivity index (χ0n) is 13.7. The van der Waals surface area contributed by atoms with Crippen molar-refractivity contribution in [2.24, 2.45) is 0 Å². The Hall–Kier alpha value is -1.76. The van der Waals surface area contributed by atoms with Gasteiger partial charge in [-0.1, -0.05) is 18.2 Å². The minimum Gasteiger partial charge on any atom is -0.309 e. The molecular weight excluding hydrogens is 310 g/mol. The van der Waals surface area contributed by atoms with Gasteiger partial charge in [-0.3, -0.25) is 4.98 Å². The first-order valence-corrected chi connectivity index (χ1v) is 9.02. The van der Waals surface area contributed by atoms with E-state index in [9.17, 15) is 8.42 Å². The van der Waals surface area contributed by atoms with E-state index in [4.69, 9.17) is 0 Å². The van der Waals surface area contributed by atoms with E-state index in [-0.39, 0.29) is 6.04 Å². The van der Waals surface area contributed by atoms with E-state index >= 15 is 0 Å². The van der Waals surface area contributed by atoms with Gasteiger partial charge in [0.2, 0.25) is 10.0 Å². The van der Waals surface area contributed by atoms with Crippen LogP contribution in [0.15, 0.2) is 53.7 Å². The van der Waals surface area contributed by atoms with E-state index < -0.39 is 10.0 Å². The standard InChI is InChI=1S/C17H23N3O2S/c1-14(2)20(3)23(21,22)17-8-6-15(7-9-17)11-19-13-16-5-4-10-18-12-16/h4-10,12,14,19H,11,13H2,1-3H3. The highest BCUT2D eigenvalue weighted by atomic mass is 32.2. The second-order valence-electron chi connectivity index (χ2n) is 5.72. The third kappa shape index (κ3) is 4.60. The van der Waals surface area contributed by atoms with Gasteiger partial charge in [-0.2, -0.15) is 4.31 Å². The van der Waals surface area contributed by atoms with Crippen molar-refractivity contribution >= 4 is 10.0 Å². The summed E-state index contributed by atoms with van der Waals surface area (Å²) >= 11 is 0. The maximum absolute atomic E-state index is 12.4. The fourth-order valence-electron chi connectivity index (χ4n) is 2.08. The fourth-order valence-corrected chi connectivity index (χ4v) is 3.44. The summed E-state index contributed by atoms with van der Waals surface area (Å²) < 4.78 is 26.2. The smallest absolute Gasteiger partial charge is 0.243 e. The number of nitrogens with zero attached hydrogens (tertiary/aromatic N) is 2. The number of sulfonamides is 1. The first kappa shape index (κ1) is 17.6. The molecule has 5 nitrogen and oxygen atoms in total. The lowest BCUT2D eigenvalue weighted by Gasteiger charge is -2.21. The quantitative estimate of drug-likeness (QED) is 0.845. The van der Waals surface area contributed by atoms with Crippen LogP contribution in [-0.4, -0.2) is 30.8 Å². The molecule has 0 amide bonds. The molecule has 6 heteroatoms. The Morgan fingerprint density at radius 2 is 1.74 bits per heavy atom. The van der Waals surface area contributed by atoms with Crippen molar-refractivity contribution in [3.8, 4) is 0 Å². The third-order valence-electron chi connectivity index (χ3n) is 3.71. The van der Waals surface area contributed by atoms with Crippen molar-refractivity contribution in [1.29, 1.82) is 0 Å². The summed E-state index contributed by atoms with van der Waals surface area (Å²) in [6, 6.07) is 10.9. The molecule has 1 aromatic carbocycles. The Labute approximate surface area is 138 Å². The van der Waals surface area contributed by atoms with Crippen molar-refractivity contribution in [3.05, 3.63) is 59.9 Å². The maximum atomic E-state index is 12.4. The molecule has 0 fully saturated rings. The van der Waals surface area contributed by atoms with Crippen LogP contribution in [0, 0.1) is 0 Å².